The molecule has 4 aromatic rings. The summed E-state index contributed by atoms with van der Waals surface area (Å²) in [6.45, 7) is 2.54. The first-order valence-corrected chi connectivity index (χ1v) is 13.6. The van der Waals surface area contributed by atoms with E-state index in [1.54, 1.807) is 24.3 Å². The Morgan fingerprint density at radius 2 is 1.68 bits per heavy atom. The van der Waals surface area contributed by atoms with Crippen LogP contribution in [-0.4, -0.2) is 63.8 Å². The van der Waals surface area contributed by atoms with Crippen LogP contribution < -0.4 is 10.2 Å². The number of amides is 2. The lowest BCUT2D eigenvalue weighted by Crippen LogP contribution is -2.48. The molecule has 204 valence electrons. The predicted molar refractivity (Wildman–Crippen MR) is 152 cm³/mol. The number of rotatable bonds is 8. The van der Waals surface area contributed by atoms with Gasteiger partial charge in [-0.1, -0.05) is 35.5 Å². The molecule has 0 saturated carbocycles. The number of piperazine rings is 1. The summed E-state index contributed by atoms with van der Waals surface area (Å²) in [5.74, 6) is -0.0308. The zero-order valence-electron chi connectivity index (χ0n) is 21.0. The van der Waals surface area contributed by atoms with E-state index in [1.807, 2.05) is 29.2 Å². The van der Waals surface area contributed by atoms with Gasteiger partial charge in [-0.3, -0.25) is 19.7 Å². The third-order valence-electron chi connectivity index (χ3n) is 6.25. The van der Waals surface area contributed by atoms with Gasteiger partial charge in [-0.05, 0) is 48.5 Å². The van der Waals surface area contributed by atoms with E-state index in [9.17, 15) is 19.7 Å². The molecule has 1 aliphatic rings. The topological polar surface area (TPSA) is 135 Å². The molecule has 1 fully saturated rings. The van der Waals surface area contributed by atoms with Crippen molar-refractivity contribution in [3.63, 3.8) is 0 Å². The summed E-state index contributed by atoms with van der Waals surface area (Å²) in [7, 11) is 0. The molecule has 13 heteroatoms. The maximum atomic E-state index is 12.8. The van der Waals surface area contributed by atoms with Crippen molar-refractivity contribution >= 4 is 52.2 Å². The first-order chi connectivity index (χ1) is 19.4. The quantitative estimate of drug-likeness (QED) is 0.174. The molecular weight excluding hydrogens is 556 g/mol. The van der Waals surface area contributed by atoms with E-state index in [-0.39, 0.29) is 34.4 Å². The number of nitro benzene ring substituents is 1. The number of benzene rings is 3. The van der Waals surface area contributed by atoms with Crippen molar-refractivity contribution in [1.29, 1.82) is 0 Å². The largest absolute Gasteiger partial charge is 0.411 e. The summed E-state index contributed by atoms with van der Waals surface area (Å²) in [6.07, 6.45) is 0. The van der Waals surface area contributed by atoms with Crippen LogP contribution in [-0.2, 0) is 4.79 Å². The smallest absolute Gasteiger partial charge is 0.277 e. The van der Waals surface area contributed by atoms with Crippen LogP contribution in [0.4, 0.5) is 17.1 Å². The van der Waals surface area contributed by atoms with E-state index in [4.69, 9.17) is 16.0 Å². The zero-order valence-corrected chi connectivity index (χ0v) is 22.6. The van der Waals surface area contributed by atoms with E-state index in [0.717, 1.165) is 17.4 Å². The Morgan fingerprint density at radius 1 is 0.975 bits per heavy atom. The number of halogens is 1. The lowest BCUT2D eigenvalue weighted by molar-refractivity contribution is -0.384. The minimum absolute atomic E-state index is 0.0359. The van der Waals surface area contributed by atoms with Crippen LogP contribution in [0.2, 0.25) is 5.02 Å². The van der Waals surface area contributed by atoms with Crippen LogP contribution in [0, 0.1) is 10.1 Å². The summed E-state index contributed by atoms with van der Waals surface area (Å²) in [4.78, 5) is 39.6. The van der Waals surface area contributed by atoms with E-state index < -0.39 is 4.92 Å². The fourth-order valence-electron chi connectivity index (χ4n) is 4.16. The normalized spacial score (nSPS) is 13.2. The highest BCUT2D eigenvalue weighted by Crippen LogP contribution is 2.26. The number of hydrogen-bond acceptors (Lipinski definition) is 9. The van der Waals surface area contributed by atoms with Gasteiger partial charge in [-0.2, -0.15) is 0 Å². The third-order valence-corrected chi connectivity index (χ3v) is 7.39. The molecule has 3 aromatic carbocycles. The van der Waals surface area contributed by atoms with Crippen LogP contribution >= 0.6 is 23.4 Å². The van der Waals surface area contributed by atoms with Crippen molar-refractivity contribution in [2.75, 3.05) is 42.1 Å². The molecule has 0 unspecified atom stereocenters. The number of thioether (sulfide) groups is 1. The summed E-state index contributed by atoms with van der Waals surface area (Å²) in [5, 5.41) is 22.2. The van der Waals surface area contributed by atoms with Crippen molar-refractivity contribution in [1.82, 2.24) is 15.1 Å². The number of carbonyl (C=O) groups is 2. The molecule has 5 rings (SSSR count). The zero-order chi connectivity index (χ0) is 28.1. The van der Waals surface area contributed by atoms with E-state index in [1.165, 1.54) is 24.3 Å². The highest BCUT2D eigenvalue weighted by molar-refractivity contribution is 7.99. The first-order valence-electron chi connectivity index (χ1n) is 12.3. The molecule has 2 amide bonds. The highest BCUT2D eigenvalue weighted by Gasteiger charge is 2.23. The van der Waals surface area contributed by atoms with Crippen LogP contribution in [0.25, 0.3) is 11.5 Å². The van der Waals surface area contributed by atoms with Crippen LogP contribution in [0.1, 0.15) is 10.4 Å². The standard InChI is InChI=1S/C27H23ClN6O5S/c28-23-4-2-1-3-22(23)26(36)33-15-13-32(14-16-33)20-11-7-19(8-12-20)29-24(35)17-40-27-31-30-25(39-27)18-5-9-21(10-6-18)34(37)38/h1-12H,13-17H2,(H,29,35). The SMILES string of the molecule is O=C(CSc1nnc(-c2ccc([N+](=O)[O-])cc2)o1)Nc1ccc(N2CCN(C(=O)c3ccccc3Cl)CC2)cc1. The summed E-state index contributed by atoms with van der Waals surface area (Å²) < 4.78 is 5.56. The molecule has 1 aliphatic heterocycles. The van der Waals surface area contributed by atoms with Crippen molar-refractivity contribution in [3.8, 4) is 11.5 Å². The molecule has 1 aromatic heterocycles. The third kappa shape index (κ3) is 6.41. The second-order valence-electron chi connectivity index (χ2n) is 8.82. The van der Waals surface area contributed by atoms with Gasteiger partial charge in [-0.25, -0.2) is 0 Å². The van der Waals surface area contributed by atoms with Crippen LogP contribution in [0.5, 0.6) is 0 Å². The number of nitrogens with one attached hydrogen (secondary N) is 1. The van der Waals surface area contributed by atoms with Crippen molar-refractivity contribution in [2.45, 2.75) is 5.22 Å². The number of nitro groups is 1. The molecule has 0 spiro atoms. The molecule has 0 aliphatic carbocycles. The Morgan fingerprint density at radius 3 is 2.35 bits per heavy atom. The lowest BCUT2D eigenvalue weighted by Gasteiger charge is -2.36. The maximum Gasteiger partial charge on any atom is 0.277 e. The van der Waals surface area contributed by atoms with E-state index >= 15 is 0 Å². The minimum atomic E-state index is -0.487. The molecule has 1 saturated heterocycles. The van der Waals surface area contributed by atoms with Gasteiger partial charge in [0.25, 0.3) is 16.8 Å². The van der Waals surface area contributed by atoms with Gasteiger partial charge in [0.05, 0.1) is 21.3 Å². The van der Waals surface area contributed by atoms with Crippen LogP contribution in [0.3, 0.4) is 0 Å². The summed E-state index contributed by atoms with van der Waals surface area (Å²) in [5.41, 5.74) is 2.68. The predicted octanol–water partition coefficient (Wildman–Crippen LogP) is 4.99. The second kappa shape index (κ2) is 12.2. The molecular formula is C27H23ClN6O5S. The number of hydrogen-bond donors (Lipinski definition) is 1. The average molecular weight is 579 g/mol. The van der Waals surface area contributed by atoms with Gasteiger partial charge in [0.2, 0.25) is 11.8 Å². The number of carbonyl (C=O) groups excluding carboxylic acids is 2. The number of nitrogens with zero attached hydrogens (tertiary/aromatic N) is 5. The summed E-state index contributed by atoms with van der Waals surface area (Å²) >= 11 is 7.27. The van der Waals surface area contributed by atoms with Gasteiger partial charge in [0, 0.05) is 55.2 Å². The highest BCUT2D eigenvalue weighted by atomic mass is 35.5. The Kier molecular flexibility index (Phi) is 8.27. The first kappa shape index (κ1) is 27.2. The Balaban J connectivity index is 1.09. The summed E-state index contributed by atoms with van der Waals surface area (Å²) in [6, 6.07) is 20.4. The van der Waals surface area contributed by atoms with Gasteiger partial charge >= 0.3 is 0 Å². The van der Waals surface area contributed by atoms with Crippen molar-refractivity contribution < 1.29 is 18.9 Å². The molecule has 0 atom stereocenters. The number of non-ortho nitro benzene ring substituents is 1. The second-order valence-corrected chi connectivity index (χ2v) is 10.2. The van der Waals surface area contributed by atoms with Gasteiger partial charge in [0.1, 0.15) is 0 Å². The lowest BCUT2D eigenvalue weighted by atomic mass is 10.1. The Labute approximate surface area is 238 Å². The molecule has 40 heavy (non-hydrogen) atoms. The van der Waals surface area contributed by atoms with Gasteiger partial charge in [-0.15, -0.1) is 10.2 Å². The van der Waals surface area contributed by atoms with Gasteiger partial charge in [0.15, 0.2) is 0 Å². The molecule has 0 radical (unpaired) electrons. The molecule has 0 bridgehead atoms. The maximum absolute atomic E-state index is 12.8. The fraction of sp³-hybridized carbons (Fsp3) is 0.185. The Bertz CT molecular complexity index is 1520. The fourth-order valence-corrected chi connectivity index (χ4v) is 4.94. The molecule has 2 heterocycles. The molecule has 1 N–H and O–H groups in total. The average Bonchev–Trinajstić information content (AvgIpc) is 3.46. The van der Waals surface area contributed by atoms with Crippen molar-refractivity contribution in [3.05, 3.63) is 93.5 Å². The minimum Gasteiger partial charge on any atom is -0.411 e. The monoisotopic (exact) mass is 578 g/mol. The van der Waals surface area contributed by atoms with E-state index in [0.29, 0.717) is 48.0 Å². The van der Waals surface area contributed by atoms with Crippen molar-refractivity contribution in [2.24, 2.45) is 0 Å². The Hall–Kier alpha value is -4.42. The van der Waals surface area contributed by atoms with Crippen LogP contribution in [0.15, 0.2) is 82.4 Å². The van der Waals surface area contributed by atoms with E-state index in [2.05, 4.69) is 20.4 Å². The molecule has 11 nitrogen and oxygen atoms in total. The number of aromatic nitrogens is 2. The number of anilines is 2. The van der Waals surface area contributed by atoms with Gasteiger partial charge < -0.3 is 19.5 Å².